The van der Waals surface area contributed by atoms with Gasteiger partial charge in [0.1, 0.15) is 6.61 Å². The number of nitrogens with two attached hydrogens (primary N) is 1. The molecule has 0 saturated heterocycles. The van der Waals surface area contributed by atoms with Gasteiger partial charge in [-0.15, -0.1) is 0 Å². The fourth-order valence-electron chi connectivity index (χ4n) is 7.85. The first-order valence-electron chi connectivity index (χ1n) is 31.9. The SMILES string of the molecule is CC/C=C\C/C=C\C/C=C\C/C=C\C/C=C\C/C=C\C/C=C\C/C=C\C/C=C\CCCC(=O)OC(COC(=O)CCCCCCCCCCCCC/C=C\C/C=C\C/C=C\C/C=C\C/C=C\C/C=C\C/C=C\CC)COP(=O)(O)OCCN. The lowest BCUT2D eigenvalue weighted by atomic mass is 10.0. The van der Waals surface area contributed by atoms with Gasteiger partial charge in [0, 0.05) is 19.4 Å². The first kappa shape index (κ1) is 77.9. The minimum absolute atomic E-state index is 0.0329. The zero-order valence-corrected chi connectivity index (χ0v) is 52.7. The van der Waals surface area contributed by atoms with E-state index < -0.39 is 32.5 Å². The highest BCUT2D eigenvalue weighted by Gasteiger charge is 2.26. The summed E-state index contributed by atoms with van der Waals surface area (Å²) < 4.78 is 33.0. The summed E-state index contributed by atoms with van der Waals surface area (Å²) in [5.74, 6) is -0.917. The van der Waals surface area contributed by atoms with Crippen molar-refractivity contribution in [1.29, 1.82) is 0 Å². The van der Waals surface area contributed by atoms with Crippen molar-refractivity contribution in [2.24, 2.45) is 5.73 Å². The van der Waals surface area contributed by atoms with Gasteiger partial charge in [0.25, 0.3) is 0 Å². The molecule has 10 heteroatoms. The minimum atomic E-state index is -4.42. The molecule has 0 rings (SSSR count). The molecular formula is C73H114NO8P. The Kier molecular flexibility index (Phi) is 61.9. The van der Waals surface area contributed by atoms with Crippen LogP contribution in [-0.4, -0.2) is 49.3 Å². The van der Waals surface area contributed by atoms with Crippen LogP contribution in [0.4, 0.5) is 0 Å². The summed E-state index contributed by atoms with van der Waals surface area (Å²) in [5, 5.41) is 0. The van der Waals surface area contributed by atoms with E-state index in [9.17, 15) is 19.0 Å². The second-order valence-electron chi connectivity index (χ2n) is 20.2. The number of rotatable bonds is 57. The standard InChI is InChI=1S/C73H114NO8P/c1-3-5-7-9-11-13-15-17-19-21-23-25-27-29-31-33-34-35-36-38-39-41-43-45-47-49-51-53-55-57-59-61-63-65-72(75)79-69-71(70-81-83(77,78)80-68-67-74)82-73(76)66-64-62-60-58-56-54-52-50-48-46-44-42-40-37-32-30-28-26-24-22-20-18-16-14-12-10-8-6-4-2/h5-8,11-14,17-20,23-26,29-32,34-35,38-40,42,46,48,52,54,58,60,71H,3-4,9-10,15-16,21-22,27-28,33,36-37,41,43-45,47,49-51,53,55-57,59,61-70,74H2,1-2H3,(H,77,78)/b7-5-,8-6-,13-11-,14-12-,19-17-,20-18-,25-23-,26-24-,31-29-,32-30-,35-34-,39-38-,42-40-,48-46-,54-52-,60-58-. The van der Waals surface area contributed by atoms with Gasteiger partial charge in [-0.3, -0.25) is 18.6 Å². The number of carbonyl (C=O) groups is 2. The number of hydrogen-bond donors (Lipinski definition) is 2. The number of esters is 2. The molecule has 9 nitrogen and oxygen atoms in total. The third kappa shape index (κ3) is 65.9. The quantitative estimate of drug-likeness (QED) is 0.0264. The maximum Gasteiger partial charge on any atom is 0.472 e. The van der Waals surface area contributed by atoms with Crippen molar-refractivity contribution in [1.82, 2.24) is 0 Å². The molecule has 0 aromatic rings. The first-order chi connectivity index (χ1) is 40.8. The van der Waals surface area contributed by atoms with Crippen LogP contribution in [0.25, 0.3) is 0 Å². The van der Waals surface area contributed by atoms with E-state index in [4.69, 9.17) is 24.3 Å². The van der Waals surface area contributed by atoms with E-state index in [0.717, 1.165) is 128 Å². The van der Waals surface area contributed by atoms with Gasteiger partial charge >= 0.3 is 19.8 Å². The molecule has 0 aliphatic heterocycles. The first-order valence-corrected chi connectivity index (χ1v) is 33.4. The maximum atomic E-state index is 12.7. The van der Waals surface area contributed by atoms with Crippen molar-refractivity contribution in [3.05, 3.63) is 194 Å². The molecule has 83 heavy (non-hydrogen) atoms. The molecule has 0 aromatic heterocycles. The molecule has 464 valence electrons. The Bertz CT molecular complexity index is 2060. The zero-order chi connectivity index (χ0) is 60.1. The van der Waals surface area contributed by atoms with E-state index in [0.29, 0.717) is 19.3 Å². The average Bonchev–Trinajstić information content (AvgIpc) is 3.49. The van der Waals surface area contributed by atoms with Crippen molar-refractivity contribution in [3.63, 3.8) is 0 Å². The van der Waals surface area contributed by atoms with Crippen LogP contribution in [0.15, 0.2) is 194 Å². The van der Waals surface area contributed by atoms with E-state index in [1.165, 1.54) is 44.9 Å². The normalized spacial score (nSPS) is 14.3. The second-order valence-corrected chi connectivity index (χ2v) is 21.6. The molecular weight excluding hydrogens is 1050 g/mol. The van der Waals surface area contributed by atoms with Gasteiger partial charge in [-0.1, -0.05) is 266 Å². The highest BCUT2D eigenvalue weighted by atomic mass is 31.2. The van der Waals surface area contributed by atoms with E-state index in [2.05, 4.69) is 202 Å². The number of ether oxygens (including phenoxy) is 2. The third-order valence-electron chi connectivity index (χ3n) is 12.5. The molecule has 0 amide bonds. The van der Waals surface area contributed by atoms with Crippen LogP contribution in [0.5, 0.6) is 0 Å². The summed E-state index contributed by atoms with van der Waals surface area (Å²) in [6.45, 7) is 3.42. The lowest BCUT2D eigenvalue weighted by molar-refractivity contribution is -0.161. The van der Waals surface area contributed by atoms with E-state index in [-0.39, 0.29) is 32.6 Å². The molecule has 0 radical (unpaired) electrons. The number of unbranched alkanes of at least 4 members (excludes halogenated alkanes) is 12. The molecule has 3 N–H and O–H groups in total. The maximum absolute atomic E-state index is 12.7. The predicted molar refractivity (Wildman–Crippen MR) is 357 cm³/mol. The van der Waals surface area contributed by atoms with Gasteiger partial charge in [0.2, 0.25) is 0 Å². The summed E-state index contributed by atoms with van der Waals surface area (Å²) in [6.07, 6.45) is 101. The van der Waals surface area contributed by atoms with Gasteiger partial charge < -0.3 is 20.1 Å². The zero-order valence-electron chi connectivity index (χ0n) is 51.8. The second kappa shape index (κ2) is 66.0. The lowest BCUT2D eigenvalue weighted by Crippen LogP contribution is -2.29. The molecule has 2 atom stereocenters. The molecule has 0 aliphatic rings. The lowest BCUT2D eigenvalue weighted by Gasteiger charge is -2.19. The summed E-state index contributed by atoms with van der Waals surface area (Å²) in [5.41, 5.74) is 5.39. The third-order valence-corrected chi connectivity index (χ3v) is 13.5. The molecule has 0 fully saturated rings. The monoisotopic (exact) mass is 1160 g/mol. The fraction of sp³-hybridized carbons (Fsp3) is 0.534. The van der Waals surface area contributed by atoms with Crippen LogP contribution in [0, 0.1) is 0 Å². The summed E-state index contributed by atoms with van der Waals surface area (Å²) in [6, 6.07) is 0. The van der Waals surface area contributed by atoms with Crippen molar-refractivity contribution in [2.45, 2.75) is 225 Å². The van der Waals surface area contributed by atoms with E-state index >= 15 is 0 Å². The number of hydrogen-bond acceptors (Lipinski definition) is 8. The Hall–Kier alpha value is -5.15. The summed E-state index contributed by atoms with van der Waals surface area (Å²) >= 11 is 0. The topological polar surface area (TPSA) is 134 Å². The van der Waals surface area contributed by atoms with Crippen LogP contribution >= 0.6 is 7.82 Å². The van der Waals surface area contributed by atoms with Crippen LogP contribution in [0.2, 0.25) is 0 Å². The molecule has 0 aliphatic carbocycles. The molecule has 0 bridgehead atoms. The average molecular weight is 1160 g/mol. The Morgan fingerprint density at radius 2 is 0.639 bits per heavy atom. The smallest absolute Gasteiger partial charge is 0.462 e. The van der Waals surface area contributed by atoms with Crippen molar-refractivity contribution in [3.8, 4) is 0 Å². The van der Waals surface area contributed by atoms with Gasteiger partial charge in [0.05, 0.1) is 13.2 Å². The highest BCUT2D eigenvalue weighted by molar-refractivity contribution is 7.47. The van der Waals surface area contributed by atoms with Gasteiger partial charge in [-0.2, -0.15) is 0 Å². The van der Waals surface area contributed by atoms with Crippen LogP contribution < -0.4 is 5.73 Å². The Labute approximate surface area is 506 Å². The molecule has 2 unspecified atom stereocenters. The number of phosphoric ester groups is 1. The number of carbonyl (C=O) groups excluding carboxylic acids is 2. The van der Waals surface area contributed by atoms with Crippen molar-refractivity contribution < 1.29 is 37.6 Å². The van der Waals surface area contributed by atoms with E-state index in [1.807, 2.05) is 6.08 Å². The Morgan fingerprint density at radius 1 is 0.361 bits per heavy atom. The van der Waals surface area contributed by atoms with Crippen LogP contribution in [-0.2, 0) is 32.7 Å². The van der Waals surface area contributed by atoms with Crippen molar-refractivity contribution in [2.75, 3.05) is 26.4 Å². The number of allylic oxidation sites excluding steroid dienone is 32. The van der Waals surface area contributed by atoms with Gasteiger partial charge in [0.15, 0.2) is 6.10 Å². The van der Waals surface area contributed by atoms with Crippen LogP contribution in [0.1, 0.15) is 219 Å². The highest BCUT2D eigenvalue weighted by Crippen LogP contribution is 2.43. The van der Waals surface area contributed by atoms with Crippen molar-refractivity contribution >= 4 is 19.8 Å². The summed E-state index contributed by atoms with van der Waals surface area (Å²) in [4.78, 5) is 35.3. The Balaban J connectivity index is 4.10. The summed E-state index contributed by atoms with van der Waals surface area (Å²) in [7, 11) is -4.42. The molecule has 0 spiro atoms. The van der Waals surface area contributed by atoms with E-state index in [1.54, 1.807) is 0 Å². The predicted octanol–water partition coefficient (Wildman–Crippen LogP) is 21.0. The minimum Gasteiger partial charge on any atom is -0.462 e. The molecule has 0 aromatic carbocycles. The Morgan fingerprint density at radius 3 is 0.964 bits per heavy atom. The largest absolute Gasteiger partial charge is 0.472 e. The van der Waals surface area contributed by atoms with Gasteiger partial charge in [-0.25, -0.2) is 4.57 Å². The molecule has 0 saturated carbocycles. The fourth-order valence-corrected chi connectivity index (χ4v) is 8.62. The molecule has 0 heterocycles. The van der Waals surface area contributed by atoms with Gasteiger partial charge in [-0.05, 0) is 135 Å². The van der Waals surface area contributed by atoms with Crippen LogP contribution in [0.3, 0.4) is 0 Å². The number of phosphoric acid groups is 1.